The maximum atomic E-state index is 12.2. The summed E-state index contributed by atoms with van der Waals surface area (Å²) in [6, 6.07) is 8.16. The number of carbonyl (C=O) groups excluding carboxylic acids is 3. The third-order valence-electron chi connectivity index (χ3n) is 3.21. The third kappa shape index (κ3) is 9.05. The number of carbonyl (C=O) groups is 3. The topological polar surface area (TPSA) is 90.9 Å². The molecule has 0 saturated heterocycles. The van der Waals surface area contributed by atoms with Crippen molar-refractivity contribution in [1.82, 2.24) is 5.32 Å². The van der Waals surface area contributed by atoms with Crippen LogP contribution in [0.5, 0.6) is 0 Å². The molecule has 0 saturated carbocycles. The van der Waals surface area contributed by atoms with Crippen molar-refractivity contribution in [3.05, 3.63) is 35.9 Å². The molecule has 1 aromatic rings. The van der Waals surface area contributed by atoms with Crippen LogP contribution in [-0.4, -0.2) is 30.9 Å². The van der Waals surface area contributed by atoms with Crippen molar-refractivity contribution in [3.8, 4) is 0 Å². The molecule has 1 amide bonds. The van der Waals surface area contributed by atoms with Gasteiger partial charge in [-0.1, -0.05) is 58.0 Å². The van der Waals surface area contributed by atoms with Gasteiger partial charge in [-0.2, -0.15) is 0 Å². The van der Waals surface area contributed by atoms with Gasteiger partial charge >= 0.3 is 18.2 Å². The van der Waals surface area contributed by atoms with Crippen LogP contribution in [0.2, 0.25) is 0 Å². The van der Waals surface area contributed by atoms with Crippen LogP contribution in [0.25, 0.3) is 0 Å². The minimum absolute atomic E-state index is 0.0759. The number of nitrogens with one attached hydrogen (secondary N) is 1. The summed E-state index contributed by atoms with van der Waals surface area (Å²) in [6.45, 7) is 7.71. The number of hydrogen-bond donors (Lipinski definition) is 1. The summed E-state index contributed by atoms with van der Waals surface area (Å²) >= 11 is 0. The average molecular weight is 365 g/mol. The SMILES string of the molecule is CC(C)COC(=O)OC(=O)[C@H](CC(C)C)NC(=O)OCc1ccccc1. The molecule has 0 aliphatic carbocycles. The highest BCUT2D eigenvalue weighted by Crippen LogP contribution is 2.08. The van der Waals surface area contributed by atoms with Crippen LogP contribution in [0.1, 0.15) is 39.7 Å². The van der Waals surface area contributed by atoms with Gasteiger partial charge in [-0.15, -0.1) is 0 Å². The van der Waals surface area contributed by atoms with E-state index in [-0.39, 0.29) is 25.0 Å². The van der Waals surface area contributed by atoms with Crippen molar-refractivity contribution in [1.29, 1.82) is 0 Å². The Kier molecular flexibility index (Phi) is 9.19. The van der Waals surface area contributed by atoms with Crippen LogP contribution in [0.4, 0.5) is 9.59 Å². The van der Waals surface area contributed by atoms with E-state index >= 15 is 0 Å². The van der Waals surface area contributed by atoms with Crippen molar-refractivity contribution < 1.29 is 28.6 Å². The van der Waals surface area contributed by atoms with Gasteiger partial charge in [0.1, 0.15) is 12.6 Å². The summed E-state index contributed by atoms with van der Waals surface area (Å²) in [4.78, 5) is 35.6. The summed E-state index contributed by atoms with van der Waals surface area (Å²) in [5, 5.41) is 2.45. The predicted octanol–water partition coefficient (Wildman–Crippen LogP) is 3.66. The fourth-order valence-corrected chi connectivity index (χ4v) is 2.01. The quantitative estimate of drug-likeness (QED) is 0.558. The maximum Gasteiger partial charge on any atom is 0.516 e. The summed E-state index contributed by atoms with van der Waals surface area (Å²) < 4.78 is 14.6. The van der Waals surface area contributed by atoms with Gasteiger partial charge in [-0.3, -0.25) is 0 Å². The molecule has 7 nitrogen and oxygen atoms in total. The number of ether oxygens (including phenoxy) is 3. The number of esters is 1. The smallest absolute Gasteiger partial charge is 0.445 e. The Morgan fingerprint density at radius 2 is 1.62 bits per heavy atom. The number of rotatable bonds is 8. The van der Waals surface area contributed by atoms with Gasteiger partial charge in [-0.05, 0) is 23.8 Å². The monoisotopic (exact) mass is 365 g/mol. The molecule has 1 rings (SSSR count). The second-order valence-corrected chi connectivity index (χ2v) is 6.76. The summed E-state index contributed by atoms with van der Waals surface area (Å²) in [5.41, 5.74) is 0.822. The average Bonchev–Trinajstić information content (AvgIpc) is 2.58. The summed E-state index contributed by atoms with van der Waals surface area (Å²) in [6.07, 6.45) is -1.53. The molecule has 0 bridgehead atoms. The summed E-state index contributed by atoms with van der Waals surface area (Å²) in [5.74, 6) is -0.659. The van der Waals surface area contributed by atoms with Crippen molar-refractivity contribution in [2.75, 3.05) is 6.61 Å². The molecule has 1 N–H and O–H groups in total. The minimum atomic E-state index is -1.07. The van der Waals surface area contributed by atoms with Gasteiger partial charge in [0, 0.05) is 0 Å². The Labute approximate surface area is 154 Å². The first-order valence-electron chi connectivity index (χ1n) is 8.63. The van der Waals surface area contributed by atoms with E-state index in [4.69, 9.17) is 9.47 Å². The number of hydrogen-bond acceptors (Lipinski definition) is 6. The molecular formula is C19H27NO6. The number of benzene rings is 1. The Bertz CT molecular complexity index is 585. The van der Waals surface area contributed by atoms with Crippen LogP contribution >= 0.6 is 0 Å². The van der Waals surface area contributed by atoms with Gasteiger partial charge in [0.15, 0.2) is 0 Å². The molecule has 0 fully saturated rings. The molecule has 0 heterocycles. The lowest BCUT2D eigenvalue weighted by molar-refractivity contribution is -0.142. The van der Waals surface area contributed by atoms with Crippen LogP contribution in [0.3, 0.4) is 0 Å². The standard InChI is InChI=1S/C19H27NO6/c1-13(2)10-16(17(21)26-19(23)25-11-14(3)4)20-18(22)24-12-15-8-6-5-7-9-15/h5-9,13-14,16H,10-12H2,1-4H3,(H,20,22)/t16-/m0/s1. The predicted molar refractivity (Wildman–Crippen MR) is 95.3 cm³/mol. The minimum Gasteiger partial charge on any atom is -0.445 e. The van der Waals surface area contributed by atoms with Gasteiger partial charge in [-0.25, -0.2) is 14.4 Å². The van der Waals surface area contributed by atoms with Crippen molar-refractivity contribution in [3.63, 3.8) is 0 Å². The first kappa shape index (κ1) is 21.5. The van der Waals surface area contributed by atoms with Crippen molar-refractivity contribution >= 4 is 18.2 Å². The van der Waals surface area contributed by atoms with E-state index in [0.29, 0.717) is 6.42 Å². The largest absolute Gasteiger partial charge is 0.516 e. The van der Waals surface area contributed by atoms with Gasteiger partial charge in [0.05, 0.1) is 6.61 Å². The highest BCUT2D eigenvalue weighted by Gasteiger charge is 2.27. The highest BCUT2D eigenvalue weighted by atomic mass is 16.7. The summed E-state index contributed by atoms with van der Waals surface area (Å²) in [7, 11) is 0. The van der Waals surface area contributed by atoms with Gasteiger partial charge in [0.2, 0.25) is 0 Å². The van der Waals surface area contributed by atoms with Crippen molar-refractivity contribution in [2.24, 2.45) is 11.8 Å². The van der Waals surface area contributed by atoms with Crippen molar-refractivity contribution in [2.45, 2.75) is 46.8 Å². The third-order valence-corrected chi connectivity index (χ3v) is 3.21. The Morgan fingerprint density at radius 1 is 0.962 bits per heavy atom. The highest BCUT2D eigenvalue weighted by molar-refractivity contribution is 5.88. The lowest BCUT2D eigenvalue weighted by Gasteiger charge is -2.18. The zero-order valence-corrected chi connectivity index (χ0v) is 15.7. The van der Waals surface area contributed by atoms with E-state index in [1.165, 1.54) is 0 Å². The molecule has 7 heteroatoms. The maximum absolute atomic E-state index is 12.2. The Morgan fingerprint density at radius 3 is 2.19 bits per heavy atom. The fourth-order valence-electron chi connectivity index (χ4n) is 2.01. The molecule has 0 spiro atoms. The molecule has 144 valence electrons. The van der Waals surface area contributed by atoms with E-state index in [1.54, 1.807) is 0 Å². The van der Waals surface area contributed by atoms with Crippen LogP contribution in [0.15, 0.2) is 30.3 Å². The molecule has 0 aliphatic rings. The van der Waals surface area contributed by atoms with Gasteiger partial charge in [0.25, 0.3) is 0 Å². The molecule has 1 atom stereocenters. The fraction of sp³-hybridized carbons (Fsp3) is 0.526. The Hall–Kier alpha value is -2.57. The van der Waals surface area contributed by atoms with E-state index in [0.717, 1.165) is 5.56 Å². The molecule has 0 aliphatic heterocycles. The zero-order chi connectivity index (χ0) is 19.5. The van der Waals surface area contributed by atoms with Crippen LogP contribution in [-0.2, 0) is 25.6 Å². The molecular weight excluding hydrogens is 338 g/mol. The second kappa shape index (κ2) is 11.1. The van der Waals surface area contributed by atoms with E-state index in [2.05, 4.69) is 10.1 Å². The Balaban J connectivity index is 2.54. The lowest BCUT2D eigenvalue weighted by atomic mass is 10.0. The molecule has 0 unspecified atom stereocenters. The number of alkyl carbamates (subject to hydrolysis) is 1. The van der Waals surface area contributed by atoms with E-state index in [9.17, 15) is 14.4 Å². The molecule has 0 radical (unpaired) electrons. The first-order valence-corrected chi connectivity index (χ1v) is 8.63. The lowest BCUT2D eigenvalue weighted by Crippen LogP contribution is -2.43. The normalized spacial score (nSPS) is 11.8. The molecule has 1 aromatic carbocycles. The number of amides is 1. The molecule has 0 aromatic heterocycles. The van der Waals surface area contributed by atoms with Gasteiger partial charge < -0.3 is 19.5 Å². The van der Waals surface area contributed by atoms with E-state index in [1.807, 2.05) is 58.0 Å². The molecule has 26 heavy (non-hydrogen) atoms. The second-order valence-electron chi connectivity index (χ2n) is 6.76. The van der Waals surface area contributed by atoms with Crippen LogP contribution < -0.4 is 5.32 Å². The first-order chi connectivity index (χ1) is 12.3. The van der Waals surface area contributed by atoms with E-state index < -0.39 is 24.3 Å². The van der Waals surface area contributed by atoms with Crippen LogP contribution in [0, 0.1) is 11.8 Å². The zero-order valence-electron chi connectivity index (χ0n) is 15.7.